The Balaban J connectivity index is 1.37. The zero-order valence-electron chi connectivity index (χ0n) is 13.3. The molecule has 0 radical (unpaired) electrons. The highest BCUT2D eigenvalue weighted by atomic mass is 16.5. The van der Waals surface area contributed by atoms with E-state index in [-0.39, 0.29) is 0 Å². The largest absolute Gasteiger partial charge is 0.339 e. The fourth-order valence-electron chi connectivity index (χ4n) is 3.92. The molecule has 1 aliphatic carbocycles. The molecule has 0 amide bonds. The van der Waals surface area contributed by atoms with Crippen molar-refractivity contribution in [1.82, 2.24) is 20.4 Å². The van der Waals surface area contributed by atoms with Gasteiger partial charge in [0.25, 0.3) is 0 Å². The van der Waals surface area contributed by atoms with Crippen molar-refractivity contribution in [2.24, 2.45) is 0 Å². The number of piperazine rings is 1. The monoisotopic (exact) mass is 310 g/mol. The lowest BCUT2D eigenvalue weighted by atomic mass is 9.89. The number of aromatic nitrogens is 2. The highest BCUT2D eigenvalue weighted by Gasteiger charge is 2.30. The SMILES string of the molecule is c1cc2c(cc1Cc1nc(C3CC3)no1)CCN1CCNC[C@@H]21. The second kappa shape index (κ2) is 5.42. The Kier molecular flexibility index (Phi) is 3.23. The average Bonchev–Trinajstić information content (AvgIpc) is 3.34. The van der Waals surface area contributed by atoms with Crippen LogP contribution in [0.2, 0.25) is 0 Å². The van der Waals surface area contributed by atoms with E-state index in [1.807, 2.05) is 0 Å². The molecule has 2 aliphatic heterocycles. The van der Waals surface area contributed by atoms with Gasteiger partial charge in [0.15, 0.2) is 5.82 Å². The molecule has 1 saturated heterocycles. The van der Waals surface area contributed by atoms with Gasteiger partial charge in [-0.3, -0.25) is 4.90 Å². The molecule has 5 heteroatoms. The van der Waals surface area contributed by atoms with Gasteiger partial charge in [-0.2, -0.15) is 4.98 Å². The van der Waals surface area contributed by atoms with Crippen molar-refractivity contribution in [2.75, 3.05) is 26.2 Å². The Labute approximate surface area is 136 Å². The van der Waals surface area contributed by atoms with Crippen LogP contribution in [0.5, 0.6) is 0 Å². The molecule has 3 aliphatic rings. The summed E-state index contributed by atoms with van der Waals surface area (Å²) in [6.45, 7) is 4.53. The lowest BCUT2D eigenvalue weighted by Crippen LogP contribution is -2.48. The summed E-state index contributed by atoms with van der Waals surface area (Å²) in [7, 11) is 0. The van der Waals surface area contributed by atoms with E-state index in [0.29, 0.717) is 12.0 Å². The van der Waals surface area contributed by atoms with Gasteiger partial charge in [-0.1, -0.05) is 23.4 Å². The molecule has 1 N–H and O–H groups in total. The normalized spacial score (nSPS) is 24.3. The van der Waals surface area contributed by atoms with Gasteiger partial charge in [-0.05, 0) is 36.0 Å². The minimum Gasteiger partial charge on any atom is -0.339 e. The maximum Gasteiger partial charge on any atom is 0.231 e. The summed E-state index contributed by atoms with van der Waals surface area (Å²) in [5, 5.41) is 7.64. The maximum atomic E-state index is 5.42. The van der Waals surface area contributed by atoms with Crippen LogP contribution in [-0.2, 0) is 12.8 Å². The summed E-state index contributed by atoms with van der Waals surface area (Å²) in [6.07, 6.45) is 4.32. The van der Waals surface area contributed by atoms with Gasteiger partial charge in [0.2, 0.25) is 5.89 Å². The second-order valence-corrected chi connectivity index (χ2v) is 7.04. The Morgan fingerprint density at radius 3 is 3.13 bits per heavy atom. The number of nitrogens with one attached hydrogen (secondary N) is 1. The number of benzene rings is 1. The number of hydrogen-bond donors (Lipinski definition) is 1. The number of rotatable bonds is 3. The summed E-state index contributed by atoms with van der Waals surface area (Å²) in [5.74, 6) is 2.21. The van der Waals surface area contributed by atoms with E-state index in [9.17, 15) is 0 Å². The highest BCUT2D eigenvalue weighted by molar-refractivity contribution is 5.37. The van der Waals surface area contributed by atoms with Crippen molar-refractivity contribution in [3.63, 3.8) is 0 Å². The van der Waals surface area contributed by atoms with E-state index < -0.39 is 0 Å². The van der Waals surface area contributed by atoms with E-state index in [1.54, 1.807) is 0 Å². The molecule has 1 atom stereocenters. The van der Waals surface area contributed by atoms with Crippen LogP contribution >= 0.6 is 0 Å². The molecule has 0 bridgehead atoms. The van der Waals surface area contributed by atoms with Crippen molar-refractivity contribution in [2.45, 2.75) is 37.6 Å². The third kappa shape index (κ3) is 2.58. The summed E-state index contributed by atoms with van der Waals surface area (Å²) < 4.78 is 5.42. The smallest absolute Gasteiger partial charge is 0.231 e. The summed E-state index contributed by atoms with van der Waals surface area (Å²) in [5.41, 5.74) is 4.28. The fourth-order valence-corrected chi connectivity index (χ4v) is 3.92. The highest BCUT2D eigenvalue weighted by Crippen LogP contribution is 2.38. The van der Waals surface area contributed by atoms with Gasteiger partial charge >= 0.3 is 0 Å². The molecule has 1 aromatic heterocycles. The first kappa shape index (κ1) is 13.7. The van der Waals surface area contributed by atoms with Crippen molar-refractivity contribution in [3.8, 4) is 0 Å². The van der Waals surface area contributed by atoms with Gasteiger partial charge in [0, 0.05) is 38.1 Å². The zero-order chi connectivity index (χ0) is 15.2. The van der Waals surface area contributed by atoms with Gasteiger partial charge < -0.3 is 9.84 Å². The van der Waals surface area contributed by atoms with E-state index >= 15 is 0 Å². The van der Waals surface area contributed by atoms with Crippen LogP contribution in [0.1, 0.15) is 53.2 Å². The van der Waals surface area contributed by atoms with Crippen LogP contribution in [0.25, 0.3) is 0 Å². The fraction of sp³-hybridized carbons (Fsp3) is 0.556. The van der Waals surface area contributed by atoms with Crippen LogP contribution in [0.15, 0.2) is 22.7 Å². The van der Waals surface area contributed by atoms with Crippen molar-refractivity contribution in [1.29, 1.82) is 0 Å². The molecule has 1 aromatic carbocycles. The summed E-state index contributed by atoms with van der Waals surface area (Å²) in [6, 6.07) is 7.44. The maximum absolute atomic E-state index is 5.42. The molecular weight excluding hydrogens is 288 g/mol. The van der Waals surface area contributed by atoms with Crippen molar-refractivity contribution < 1.29 is 4.52 Å². The quantitative estimate of drug-likeness (QED) is 0.940. The Hall–Kier alpha value is -1.72. The molecule has 23 heavy (non-hydrogen) atoms. The van der Waals surface area contributed by atoms with Crippen molar-refractivity contribution >= 4 is 0 Å². The predicted octanol–water partition coefficient (Wildman–Crippen LogP) is 2.04. The average molecular weight is 310 g/mol. The molecule has 5 rings (SSSR count). The first-order valence-corrected chi connectivity index (χ1v) is 8.76. The van der Waals surface area contributed by atoms with Crippen LogP contribution in [0.3, 0.4) is 0 Å². The van der Waals surface area contributed by atoms with Crippen molar-refractivity contribution in [3.05, 3.63) is 46.6 Å². The van der Waals surface area contributed by atoms with Gasteiger partial charge in [0.1, 0.15) is 0 Å². The molecule has 120 valence electrons. The molecule has 5 nitrogen and oxygen atoms in total. The molecule has 0 spiro atoms. The summed E-state index contributed by atoms with van der Waals surface area (Å²) in [4.78, 5) is 7.16. The van der Waals surface area contributed by atoms with Gasteiger partial charge in [-0.15, -0.1) is 0 Å². The minimum absolute atomic E-state index is 0.548. The van der Waals surface area contributed by atoms with Crippen LogP contribution in [-0.4, -0.2) is 41.2 Å². The molecule has 2 fully saturated rings. The number of hydrogen-bond acceptors (Lipinski definition) is 5. The lowest BCUT2D eigenvalue weighted by Gasteiger charge is -2.41. The Bertz CT molecular complexity index is 722. The van der Waals surface area contributed by atoms with E-state index in [0.717, 1.165) is 44.2 Å². The molecule has 0 unspecified atom stereocenters. The third-order valence-corrected chi connectivity index (χ3v) is 5.37. The third-order valence-electron chi connectivity index (χ3n) is 5.37. The van der Waals surface area contributed by atoms with Crippen LogP contribution < -0.4 is 5.32 Å². The standard InChI is InChI=1S/C18H22N4O/c1-4-15-14(5-7-22-8-6-19-11-16(15)22)9-12(1)10-17-20-18(21-23-17)13-2-3-13/h1,4,9,13,16,19H,2-3,5-8,10-11H2/t16-/m0/s1. The number of nitrogens with zero attached hydrogens (tertiary/aromatic N) is 3. The Morgan fingerprint density at radius 2 is 2.22 bits per heavy atom. The number of fused-ring (bicyclic) bond motifs is 3. The van der Waals surface area contributed by atoms with Crippen LogP contribution in [0, 0.1) is 0 Å². The van der Waals surface area contributed by atoms with Crippen LogP contribution in [0.4, 0.5) is 0 Å². The first-order valence-electron chi connectivity index (χ1n) is 8.76. The van der Waals surface area contributed by atoms with E-state index in [4.69, 9.17) is 4.52 Å². The second-order valence-electron chi connectivity index (χ2n) is 7.04. The molecule has 2 aromatic rings. The van der Waals surface area contributed by atoms with E-state index in [2.05, 4.69) is 38.6 Å². The zero-order valence-corrected chi connectivity index (χ0v) is 13.3. The topological polar surface area (TPSA) is 54.2 Å². The lowest BCUT2D eigenvalue weighted by molar-refractivity contribution is 0.152. The van der Waals surface area contributed by atoms with E-state index in [1.165, 1.54) is 36.1 Å². The molecular formula is C18H22N4O. The van der Waals surface area contributed by atoms with Gasteiger partial charge in [-0.25, -0.2) is 0 Å². The first-order chi connectivity index (χ1) is 11.4. The Morgan fingerprint density at radius 1 is 1.26 bits per heavy atom. The minimum atomic E-state index is 0.548. The predicted molar refractivity (Wildman–Crippen MR) is 86.4 cm³/mol. The van der Waals surface area contributed by atoms with Gasteiger partial charge in [0.05, 0.1) is 6.42 Å². The molecule has 3 heterocycles. The molecule has 1 saturated carbocycles. The summed E-state index contributed by atoms with van der Waals surface area (Å²) >= 11 is 0.